The van der Waals surface area contributed by atoms with Gasteiger partial charge in [0.05, 0.1) is 13.2 Å². The highest BCUT2D eigenvalue weighted by atomic mass is 16.3. The lowest BCUT2D eigenvalue weighted by Crippen LogP contribution is -2.29. The molecule has 2 rings (SSSR count). The van der Waals surface area contributed by atoms with E-state index in [4.69, 9.17) is 0 Å². The van der Waals surface area contributed by atoms with Gasteiger partial charge in [-0.1, -0.05) is 6.42 Å². The Kier molecular flexibility index (Phi) is 2.36. The van der Waals surface area contributed by atoms with E-state index in [9.17, 15) is 5.11 Å². The standard InChI is InChI=1S/C10H17N2O/c1-11-6-7-12(8-11)9-4-2-3-5-10(9)13/h6-10,13H,2-5H2,1H3/q+1. The van der Waals surface area contributed by atoms with Gasteiger partial charge in [0, 0.05) is 0 Å². The second-order valence-corrected chi connectivity index (χ2v) is 3.95. The average Bonchev–Trinajstić information content (AvgIpc) is 2.53. The van der Waals surface area contributed by atoms with Crippen molar-refractivity contribution in [1.82, 2.24) is 4.57 Å². The van der Waals surface area contributed by atoms with Crippen molar-refractivity contribution >= 4 is 0 Å². The molecule has 2 atom stereocenters. The van der Waals surface area contributed by atoms with Crippen molar-refractivity contribution in [3.05, 3.63) is 18.7 Å². The number of hydrogen-bond acceptors (Lipinski definition) is 1. The SMILES string of the molecule is C[n+]1ccn(C2CCCCC2O)c1. The molecule has 1 aliphatic rings. The molecule has 3 heteroatoms. The fourth-order valence-corrected chi connectivity index (χ4v) is 2.11. The summed E-state index contributed by atoms with van der Waals surface area (Å²) in [5, 5.41) is 9.80. The fourth-order valence-electron chi connectivity index (χ4n) is 2.11. The first kappa shape index (κ1) is 8.75. The second-order valence-electron chi connectivity index (χ2n) is 3.95. The minimum Gasteiger partial charge on any atom is -0.389 e. The van der Waals surface area contributed by atoms with Crippen molar-refractivity contribution < 1.29 is 9.67 Å². The molecule has 0 bridgehead atoms. The van der Waals surface area contributed by atoms with Crippen molar-refractivity contribution in [1.29, 1.82) is 0 Å². The number of aliphatic hydroxyl groups excluding tert-OH is 1. The normalized spacial score (nSPS) is 29.1. The molecule has 1 aromatic rings. The summed E-state index contributed by atoms with van der Waals surface area (Å²) in [5.74, 6) is 0. The topological polar surface area (TPSA) is 29.0 Å². The summed E-state index contributed by atoms with van der Waals surface area (Å²) < 4.78 is 4.14. The number of rotatable bonds is 1. The molecule has 0 saturated heterocycles. The lowest BCUT2D eigenvalue weighted by Gasteiger charge is -2.24. The Morgan fingerprint density at radius 1 is 1.38 bits per heavy atom. The van der Waals surface area contributed by atoms with Gasteiger partial charge in [-0.2, -0.15) is 0 Å². The summed E-state index contributed by atoms with van der Waals surface area (Å²) in [6, 6.07) is 0.301. The molecule has 72 valence electrons. The van der Waals surface area contributed by atoms with Crippen LogP contribution in [-0.2, 0) is 7.05 Å². The number of aliphatic hydroxyl groups is 1. The first-order valence-electron chi connectivity index (χ1n) is 4.98. The third-order valence-electron chi connectivity index (χ3n) is 2.87. The highest BCUT2D eigenvalue weighted by Crippen LogP contribution is 2.27. The van der Waals surface area contributed by atoms with Gasteiger partial charge in [0.25, 0.3) is 0 Å². The molecule has 13 heavy (non-hydrogen) atoms. The van der Waals surface area contributed by atoms with Gasteiger partial charge in [-0.3, -0.25) is 0 Å². The number of aryl methyl sites for hydroxylation is 1. The molecule has 1 aliphatic carbocycles. The third kappa shape index (κ3) is 1.75. The molecule has 0 aliphatic heterocycles. The van der Waals surface area contributed by atoms with Gasteiger partial charge < -0.3 is 5.11 Å². The molecular weight excluding hydrogens is 164 g/mol. The summed E-state index contributed by atoms with van der Waals surface area (Å²) in [5.41, 5.74) is 0. The molecule has 1 saturated carbocycles. The summed E-state index contributed by atoms with van der Waals surface area (Å²) in [6.45, 7) is 0. The van der Waals surface area contributed by atoms with E-state index in [0.29, 0.717) is 6.04 Å². The van der Waals surface area contributed by atoms with Crippen molar-refractivity contribution in [2.45, 2.75) is 37.8 Å². The van der Waals surface area contributed by atoms with E-state index >= 15 is 0 Å². The Morgan fingerprint density at radius 3 is 2.77 bits per heavy atom. The van der Waals surface area contributed by atoms with Gasteiger partial charge >= 0.3 is 0 Å². The van der Waals surface area contributed by atoms with Crippen molar-refractivity contribution in [3.63, 3.8) is 0 Å². The van der Waals surface area contributed by atoms with Crippen LogP contribution in [0.15, 0.2) is 18.7 Å². The number of hydrogen-bond donors (Lipinski definition) is 1. The molecule has 1 heterocycles. The number of nitrogens with zero attached hydrogens (tertiary/aromatic N) is 2. The Balaban J connectivity index is 2.14. The Hall–Kier alpha value is -0.830. The number of aromatic nitrogens is 2. The van der Waals surface area contributed by atoms with Gasteiger partial charge in [-0.25, -0.2) is 9.13 Å². The van der Waals surface area contributed by atoms with Crippen molar-refractivity contribution in [2.75, 3.05) is 0 Å². The van der Waals surface area contributed by atoms with E-state index in [1.54, 1.807) is 0 Å². The lowest BCUT2D eigenvalue weighted by molar-refractivity contribution is -0.671. The monoisotopic (exact) mass is 181 g/mol. The fraction of sp³-hybridized carbons (Fsp3) is 0.700. The maximum atomic E-state index is 9.80. The van der Waals surface area contributed by atoms with Crippen LogP contribution in [0.4, 0.5) is 0 Å². The molecule has 2 unspecified atom stereocenters. The van der Waals surface area contributed by atoms with Crippen LogP contribution < -0.4 is 4.57 Å². The molecule has 0 radical (unpaired) electrons. The van der Waals surface area contributed by atoms with Crippen molar-refractivity contribution in [3.8, 4) is 0 Å². The summed E-state index contributed by atoms with van der Waals surface area (Å²) in [6.07, 6.45) is 10.4. The lowest BCUT2D eigenvalue weighted by atomic mass is 9.92. The van der Waals surface area contributed by atoms with Crippen LogP contribution in [0.25, 0.3) is 0 Å². The molecule has 3 nitrogen and oxygen atoms in total. The third-order valence-corrected chi connectivity index (χ3v) is 2.87. The van der Waals surface area contributed by atoms with Gasteiger partial charge in [0.1, 0.15) is 18.4 Å². The molecule has 0 amide bonds. The van der Waals surface area contributed by atoms with Crippen LogP contribution in [0.1, 0.15) is 31.7 Å². The summed E-state index contributed by atoms with van der Waals surface area (Å²) >= 11 is 0. The van der Waals surface area contributed by atoms with Crippen LogP contribution in [-0.4, -0.2) is 15.8 Å². The van der Waals surface area contributed by atoms with Gasteiger partial charge in [-0.05, 0) is 19.3 Å². The van der Waals surface area contributed by atoms with Crippen molar-refractivity contribution in [2.24, 2.45) is 7.05 Å². The second kappa shape index (κ2) is 3.50. The van der Waals surface area contributed by atoms with Crippen LogP contribution in [0.2, 0.25) is 0 Å². The summed E-state index contributed by atoms with van der Waals surface area (Å²) in [4.78, 5) is 0. The van der Waals surface area contributed by atoms with Crippen LogP contribution in [0, 0.1) is 0 Å². The Bertz CT molecular complexity index is 282. The molecule has 1 aromatic heterocycles. The molecule has 0 aromatic carbocycles. The zero-order valence-corrected chi connectivity index (χ0v) is 8.06. The molecule has 1 N–H and O–H groups in total. The smallest absolute Gasteiger partial charge is 0.243 e. The predicted molar refractivity (Wildman–Crippen MR) is 49.1 cm³/mol. The average molecular weight is 181 g/mol. The minimum atomic E-state index is -0.152. The zero-order chi connectivity index (χ0) is 9.26. The highest BCUT2D eigenvalue weighted by molar-refractivity contribution is 4.83. The quantitative estimate of drug-likeness (QED) is 0.638. The van der Waals surface area contributed by atoms with E-state index < -0.39 is 0 Å². The largest absolute Gasteiger partial charge is 0.389 e. The molecule has 0 spiro atoms. The zero-order valence-electron chi connectivity index (χ0n) is 8.06. The number of imidazole rings is 1. The van der Waals surface area contributed by atoms with E-state index in [1.165, 1.54) is 12.8 Å². The maximum Gasteiger partial charge on any atom is 0.243 e. The van der Waals surface area contributed by atoms with Crippen LogP contribution >= 0.6 is 0 Å². The van der Waals surface area contributed by atoms with Crippen LogP contribution in [0.5, 0.6) is 0 Å². The minimum absolute atomic E-state index is 0.152. The predicted octanol–water partition coefficient (Wildman–Crippen LogP) is 0.789. The van der Waals surface area contributed by atoms with Crippen LogP contribution in [0.3, 0.4) is 0 Å². The van der Waals surface area contributed by atoms with E-state index in [-0.39, 0.29) is 6.10 Å². The Morgan fingerprint density at radius 2 is 2.15 bits per heavy atom. The summed E-state index contributed by atoms with van der Waals surface area (Å²) in [7, 11) is 2.01. The Labute approximate surface area is 78.6 Å². The maximum absolute atomic E-state index is 9.80. The molecular formula is C10H17N2O+. The van der Waals surface area contributed by atoms with E-state index in [1.807, 2.05) is 30.3 Å². The van der Waals surface area contributed by atoms with E-state index in [2.05, 4.69) is 4.57 Å². The van der Waals surface area contributed by atoms with Gasteiger partial charge in [0.15, 0.2) is 0 Å². The molecule has 1 fully saturated rings. The highest BCUT2D eigenvalue weighted by Gasteiger charge is 2.27. The van der Waals surface area contributed by atoms with E-state index in [0.717, 1.165) is 12.8 Å². The van der Waals surface area contributed by atoms with Gasteiger partial charge in [0.2, 0.25) is 6.33 Å². The van der Waals surface area contributed by atoms with Gasteiger partial charge in [-0.15, -0.1) is 0 Å². The first-order chi connectivity index (χ1) is 6.27. The first-order valence-corrected chi connectivity index (χ1v) is 4.98.